The van der Waals surface area contributed by atoms with E-state index in [-0.39, 0.29) is 6.04 Å². The van der Waals surface area contributed by atoms with Gasteiger partial charge in [0, 0.05) is 11.1 Å². The highest BCUT2D eigenvalue weighted by Crippen LogP contribution is 2.23. The van der Waals surface area contributed by atoms with Crippen molar-refractivity contribution in [2.45, 2.75) is 19.4 Å². The minimum absolute atomic E-state index is 0.115. The Morgan fingerprint density at radius 2 is 2.00 bits per heavy atom. The fourth-order valence-electron chi connectivity index (χ4n) is 1.94. The van der Waals surface area contributed by atoms with Crippen molar-refractivity contribution < 1.29 is 13.0 Å². The van der Waals surface area contributed by atoms with Gasteiger partial charge >= 0.3 is 10.3 Å². The highest BCUT2D eigenvalue weighted by molar-refractivity contribution is 7.87. The van der Waals surface area contributed by atoms with Crippen LogP contribution in [0.5, 0.6) is 0 Å². The molecule has 1 aromatic heterocycles. The molecule has 21 heavy (non-hydrogen) atoms. The van der Waals surface area contributed by atoms with Gasteiger partial charge in [0.05, 0.1) is 11.7 Å². The lowest BCUT2D eigenvalue weighted by Crippen LogP contribution is -2.18. The fourth-order valence-corrected chi connectivity index (χ4v) is 3.26. The molecule has 6 nitrogen and oxygen atoms in total. The molecule has 0 aliphatic carbocycles. The third-order valence-corrected chi connectivity index (χ3v) is 4.45. The van der Waals surface area contributed by atoms with Crippen molar-refractivity contribution in [3.63, 3.8) is 0 Å². The SMILES string of the molecule is CN[C@@H](Cc1ccc(NS(=O)(=O)O)cc1)c1ncc(C)s1. The maximum Gasteiger partial charge on any atom is 0.357 e. The van der Waals surface area contributed by atoms with Crippen LogP contribution >= 0.6 is 11.3 Å². The van der Waals surface area contributed by atoms with E-state index in [4.69, 9.17) is 4.55 Å². The number of hydrogen-bond acceptors (Lipinski definition) is 5. The van der Waals surface area contributed by atoms with Crippen LogP contribution < -0.4 is 10.0 Å². The zero-order valence-electron chi connectivity index (χ0n) is 11.7. The van der Waals surface area contributed by atoms with Crippen molar-refractivity contribution >= 4 is 27.3 Å². The van der Waals surface area contributed by atoms with Crippen molar-refractivity contribution in [3.05, 3.63) is 45.9 Å². The van der Waals surface area contributed by atoms with Crippen molar-refractivity contribution in [2.24, 2.45) is 0 Å². The van der Waals surface area contributed by atoms with E-state index in [0.29, 0.717) is 5.69 Å². The first kappa shape index (κ1) is 15.9. The molecule has 8 heteroatoms. The quantitative estimate of drug-likeness (QED) is 0.707. The first-order valence-corrected chi connectivity index (χ1v) is 8.57. The minimum Gasteiger partial charge on any atom is -0.311 e. The number of likely N-dealkylation sites (N-methyl/N-ethyl adjacent to an activating group) is 1. The number of benzene rings is 1. The number of rotatable bonds is 6. The number of nitrogens with zero attached hydrogens (tertiary/aromatic N) is 1. The summed E-state index contributed by atoms with van der Waals surface area (Å²) in [6, 6.07) is 6.98. The van der Waals surface area contributed by atoms with Crippen LogP contribution in [0, 0.1) is 6.92 Å². The number of nitrogens with one attached hydrogen (secondary N) is 2. The molecule has 0 fully saturated rings. The van der Waals surface area contributed by atoms with Crippen LogP contribution in [0.2, 0.25) is 0 Å². The van der Waals surface area contributed by atoms with E-state index in [9.17, 15) is 8.42 Å². The first-order valence-electron chi connectivity index (χ1n) is 6.31. The van der Waals surface area contributed by atoms with Crippen LogP contribution in [0.4, 0.5) is 5.69 Å². The van der Waals surface area contributed by atoms with E-state index < -0.39 is 10.3 Å². The highest BCUT2D eigenvalue weighted by atomic mass is 32.2. The van der Waals surface area contributed by atoms with Crippen LogP contribution in [-0.4, -0.2) is 25.0 Å². The summed E-state index contributed by atoms with van der Waals surface area (Å²) in [4.78, 5) is 5.55. The van der Waals surface area contributed by atoms with Crippen LogP contribution in [0.1, 0.15) is 21.5 Å². The summed E-state index contributed by atoms with van der Waals surface area (Å²) in [6.45, 7) is 2.02. The third-order valence-electron chi connectivity index (χ3n) is 2.93. The first-order chi connectivity index (χ1) is 9.87. The lowest BCUT2D eigenvalue weighted by atomic mass is 10.1. The second-order valence-corrected chi connectivity index (χ2v) is 7.05. The predicted molar refractivity (Wildman–Crippen MR) is 84.0 cm³/mol. The summed E-state index contributed by atoms with van der Waals surface area (Å²) in [5.74, 6) is 0. The van der Waals surface area contributed by atoms with Gasteiger partial charge in [-0.1, -0.05) is 12.1 Å². The molecule has 2 aromatic rings. The molecule has 3 N–H and O–H groups in total. The molecule has 1 aromatic carbocycles. The summed E-state index contributed by atoms with van der Waals surface area (Å²) in [6.07, 6.45) is 2.60. The molecule has 0 saturated heterocycles. The topological polar surface area (TPSA) is 91.3 Å². The smallest absolute Gasteiger partial charge is 0.311 e. The summed E-state index contributed by atoms with van der Waals surface area (Å²) in [7, 11) is -2.34. The maximum absolute atomic E-state index is 10.7. The minimum atomic E-state index is -4.23. The molecule has 0 aliphatic heterocycles. The molecule has 1 atom stereocenters. The van der Waals surface area contributed by atoms with Gasteiger partial charge in [0.1, 0.15) is 5.01 Å². The summed E-state index contributed by atoms with van der Waals surface area (Å²) < 4.78 is 32.2. The number of aryl methyl sites for hydroxylation is 1. The highest BCUT2D eigenvalue weighted by Gasteiger charge is 2.14. The van der Waals surface area contributed by atoms with Crippen LogP contribution in [0.15, 0.2) is 30.5 Å². The van der Waals surface area contributed by atoms with Gasteiger partial charge in [-0.05, 0) is 38.1 Å². The maximum atomic E-state index is 10.7. The molecular weight excluding hydrogens is 310 g/mol. The average molecular weight is 327 g/mol. The van der Waals surface area contributed by atoms with E-state index in [1.807, 2.05) is 37.0 Å². The predicted octanol–water partition coefficient (Wildman–Crippen LogP) is 2.17. The summed E-state index contributed by atoms with van der Waals surface area (Å²) in [5.41, 5.74) is 1.37. The fraction of sp³-hybridized carbons (Fsp3) is 0.308. The second kappa shape index (κ2) is 6.52. The lowest BCUT2D eigenvalue weighted by molar-refractivity contribution is 0.489. The van der Waals surface area contributed by atoms with Crippen molar-refractivity contribution in [1.82, 2.24) is 10.3 Å². The Hall–Kier alpha value is -1.48. The molecule has 0 amide bonds. The lowest BCUT2D eigenvalue weighted by Gasteiger charge is -2.13. The average Bonchev–Trinajstić information content (AvgIpc) is 2.82. The molecule has 1 heterocycles. The largest absolute Gasteiger partial charge is 0.357 e. The Labute approximate surface area is 128 Å². The zero-order chi connectivity index (χ0) is 15.5. The molecule has 114 valence electrons. The molecule has 0 saturated carbocycles. The van der Waals surface area contributed by atoms with Gasteiger partial charge in [-0.25, -0.2) is 4.98 Å². The molecule has 0 aliphatic rings. The second-order valence-electron chi connectivity index (χ2n) is 4.63. The van der Waals surface area contributed by atoms with E-state index in [1.165, 1.54) is 0 Å². The molecular formula is C13H17N3O3S2. The number of thiazole rings is 1. The Kier molecular flexibility index (Phi) is 4.94. The van der Waals surface area contributed by atoms with Crippen LogP contribution in [-0.2, 0) is 16.7 Å². The molecule has 0 bridgehead atoms. The Bertz CT molecular complexity index is 696. The van der Waals surface area contributed by atoms with Crippen molar-refractivity contribution in [1.29, 1.82) is 0 Å². The molecule has 2 rings (SSSR count). The van der Waals surface area contributed by atoms with Gasteiger partial charge in [0.15, 0.2) is 0 Å². The van der Waals surface area contributed by atoms with E-state index in [2.05, 4.69) is 10.3 Å². The zero-order valence-corrected chi connectivity index (χ0v) is 13.3. The molecule has 0 spiro atoms. The Morgan fingerprint density at radius 1 is 1.33 bits per heavy atom. The van der Waals surface area contributed by atoms with E-state index >= 15 is 0 Å². The van der Waals surface area contributed by atoms with Gasteiger partial charge in [0.2, 0.25) is 0 Å². The normalized spacial score (nSPS) is 13.1. The third kappa shape index (κ3) is 4.78. The Balaban J connectivity index is 2.08. The van der Waals surface area contributed by atoms with E-state index in [1.54, 1.807) is 23.5 Å². The number of aromatic nitrogens is 1. The van der Waals surface area contributed by atoms with Crippen molar-refractivity contribution in [3.8, 4) is 0 Å². The number of anilines is 1. The standard InChI is InChI=1S/C13H17N3O3S2/c1-9-8-15-13(20-9)12(14-2)7-10-3-5-11(6-4-10)16-21(17,18)19/h3-6,8,12,14,16H,7H2,1-2H3,(H,17,18,19)/t12-/m0/s1. The van der Waals surface area contributed by atoms with E-state index in [0.717, 1.165) is 21.9 Å². The van der Waals surface area contributed by atoms with Gasteiger partial charge < -0.3 is 5.32 Å². The Morgan fingerprint density at radius 3 is 2.48 bits per heavy atom. The van der Waals surface area contributed by atoms with Crippen LogP contribution in [0.3, 0.4) is 0 Å². The molecule has 0 unspecified atom stereocenters. The van der Waals surface area contributed by atoms with Gasteiger partial charge in [-0.3, -0.25) is 9.27 Å². The van der Waals surface area contributed by atoms with Crippen molar-refractivity contribution in [2.75, 3.05) is 11.8 Å². The monoisotopic (exact) mass is 327 g/mol. The van der Waals surface area contributed by atoms with Gasteiger partial charge in [-0.15, -0.1) is 11.3 Å². The van der Waals surface area contributed by atoms with Crippen LogP contribution in [0.25, 0.3) is 0 Å². The summed E-state index contributed by atoms with van der Waals surface area (Å²) in [5, 5.41) is 4.25. The molecule has 0 radical (unpaired) electrons. The number of hydrogen-bond donors (Lipinski definition) is 3. The van der Waals surface area contributed by atoms with Gasteiger partial charge in [0.25, 0.3) is 0 Å². The van der Waals surface area contributed by atoms with Gasteiger partial charge in [-0.2, -0.15) is 8.42 Å². The summed E-state index contributed by atoms with van der Waals surface area (Å²) >= 11 is 1.65.